The van der Waals surface area contributed by atoms with Crippen LogP contribution in [0.5, 0.6) is 0 Å². The number of rotatable bonds is 8. The predicted molar refractivity (Wildman–Crippen MR) is 123 cm³/mol. The zero-order chi connectivity index (χ0) is 23.3. The summed E-state index contributed by atoms with van der Waals surface area (Å²) >= 11 is 1.18. The van der Waals surface area contributed by atoms with Crippen molar-refractivity contribution in [3.05, 3.63) is 83.7 Å². The number of carbonyl (C=O) groups is 2. The number of anilines is 2. The Hall–Kier alpha value is -3.37. The summed E-state index contributed by atoms with van der Waals surface area (Å²) < 4.78 is 41.2. The molecule has 0 aliphatic heterocycles. The van der Waals surface area contributed by atoms with Crippen LogP contribution in [0.4, 0.5) is 15.8 Å². The van der Waals surface area contributed by atoms with Crippen LogP contribution in [0.15, 0.2) is 76.5 Å². The molecule has 0 unspecified atom stereocenters. The number of nitrogens with one attached hydrogen (secondary N) is 2. The number of thioether (sulfide) groups is 1. The van der Waals surface area contributed by atoms with E-state index in [1.165, 1.54) is 42.1 Å². The van der Waals surface area contributed by atoms with Gasteiger partial charge in [0.1, 0.15) is 5.82 Å². The molecule has 0 spiro atoms. The Morgan fingerprint density at radius 2 is 1.72 bits per heavy atom. The average molecular weight is 474 g/mol. The fourth-order valence-corrected chi connectivity index (χ4v) is 4.88. The van der Waals surface area contributed by atoms with Gasteiger partial charge in [0, 0.05) is 16.1 Å². The van der Waals surface area contributed by atoms with Crippen LogP contribution in [0.2, 0.25) is 0 Å². The zero-order valence-electron chi connectivity index (χ0n) is 17.0. The van der Waals surface area contributed by atoms with Gasteiger partial charge in [-0.25, -0.2) is 12.8 Å². The number of hydrogen-bond acceptors (Lipinski definition) is 5. The number of sulfonamides is 1. The molecule has 0 saturated heterocycles. The lowest BCUT2D eigenvalue weighted by Crippen LogP contribution is -2.17. The van der Waals surface area contributed by atoms with Gasteiger partial charge in [0.05, 0.1) is 16.3 Å². The van der Waals surface area contributed by atoms with Crippen molar-refractivity contribution < 1.29 is 22.4 Å². The number of para-hydroxylation sites is 1. The first-order chi connectivity index (χ1) is 15.2. The van der Waals surface area contributed by atoms with Crippen molar-refractivity contribution in [2.24, 2.45) is 5.73 Å². The Labute approximate surface area is 189 Å². The molecule has 0 aliphatic rings. The molecule has 7 nitrogen and oxygen atoms in total. The van der Waals surface area contributed by atoms with Crippen molar-refractivity contribution in [3.63, 3.8) is 0 Å². The molecule has 2 amide bonds. The molecule has 3 aromatic rings. The average Bonchev–Trinajstić information content (AvgIpc) is 2.74. The van der Waals surface area contributed by atoms with Crippen molar-refractivity contribution in [2.75, 3.05) is 15.8 Å². The summed E-state index contributed by atoms with van der Waals surface area (Å²) in [6, 6.07) is 16.1. The highest BCUT2D eigenvalue weighted by Crippen LogP contribution is 2.28. The molecule has 0 heterocycles. The highest BCUT2D eigenvalue weighted by Gasteiger charge is 2.20. The van der Waals surface area contributed by atoms with Gasteiger partial charge in [0.2, 0.25) is 5.91 Å². The Morgan fingerprint density at radius 3 is 2.41 bits per heavy atom. The number of amides is 2. The van der Waals surface area contributed by atoms with Crippen LogP contribution in [0, 0.1) is 12.7 Å². The van der Waals surface area contributed by atoms with E-state index in [2.05, 4.69) is 10.0 Å². The van der Waals surface area contributed by atoms with Gasteiger partial charge in [-0.15, -0.1) is 11.8 Å². The Balaban J connectivity index is 1.84. The largest absolute Gasteiger partial charge is 0.369 e. The fraction of sp³-hybridized carbons (Fsp3) is 0.0909. The van der Waals surface area contributed by atoms with E-state index >= 15 is 0 Å². The standard InChI is InChI=1S/C22H20FN3O4S2/c1-14-6-7-15(12-20(14)32(29,30)26-17-10-8-16(23)9-11-17)22(28)25-18-4-2-3-5-19(18)31-13-21(24)27/h2-12,26H,13H2,1H3,(H2,24,27)(H,25,28). The normalized spacial score (nSPS) is 11.1. The molecule has 0 aliphatic carbocycles. The number of benzene rings is 3. The number of nitrogens with two attached hydrogens (primary N) is 1. The second kappa shape index (κ2) is 9.84. The van der Waals surface area contributed by atoms with Crippen molar-refractivity contribution in [3.8, 4) is 0 Å². The van der Waals surface area contributed by atoms with Crippen LogP contribution in [-0.2, 0) is 14.8 Å². The summed E-state index contributed by atoms with van der Waals surface area (Å²) in [6.45, 7) is 1.61. The highest BCUT2D eigenvalue weighted by molar-refractivity contribution is 8.00. The van der Waals surface area contributed by atoms with Crippen LogP contribution in [0.25, 0.3) is 0 Å². The zero-order valence-corrected chi connectivity index (χ0v) is 18.6. The van der Waals surface area contributed by atoms with Gasteiger partial charge in [0.25, 0.3) is 15.9 Å². The third-order valence-corrected chi connectivity index (χ3v) is 6.96. The monoisotopic (exact) mass is 473 g/mol. The molecule has 0 fully saturated rings. The molecule has 3 rings (SSSR count). The first-order valence-corrected chi connectivity index (χ1v) is 11.8. The van der Waals surface area contributed by atoms with E-state index in [0.29, 0.717) is 16.1 Å². The predicted octanol–water partition coefficient (Wildman–Crippen LogP) is 3.76. The minimum Gasteiger partial charge on any atom is -0.369 e. The highest BCUT2D eigenvalue weighted by atomic mass is 32.2. The van der Waals surface area contributed by atoms with E-state index in [0.717, 1.165) is 12.1 Å². The lowest BCUT2D eigenvalue weighted by atomic mass is 10.1. The van der Waals surface area contributed by atoms with Gasteiger partial charge in [-0.1, -0.05) is 18.2 Å². The molecule has 3 aromatic carbocycles. The van der Waals surface area contributed by atoms with Gasteiger partial charge in [-0.05, 0) is 61.0 Å². The summed E-state index contributed by atoms with van der Waals surface area (Å²) in [7, 11) is -4.02. The Kier molecular flexibility index (Phi) is 7.16. The van der Waals surface area contributed by atoms with Gasteiger partial charge in [-0.2, -0.15) is 0 Å². The van der Waals surface area contributed by atoms with Crippen molar-refractivity contribution in [1.29, 1.82) is 0 Å². The molecule has 0 radical (unpaired) electrons. The third-order valence-electron chi connectivity index (χ3n) is 4.34. The molecule has 0 atom stereocenters. The number of aryl methyl sites for hydroxylation is 1. The maximum absolute atomic E-state index is 13.1. The van der Waals surface area contributed by atoms with Crippen LogP contribution < -0.4 is 15.8 Å². The van der Waals surface area contributed by atoms with Gasteiger partial charge in [-0.3, -0.25) is 14.3 Å². The number of carbonyl (C=O) groups excluding carboxylic acids is 2. The second-order valence-corrected chi connectivity index (χ2v) is 9.47. The molecule has 32 heavy (non-hydrogen) atoms. The van der Waals surface area contributed by atoms with E-state index in [1.54, 1.807) is 31.2 Å². The lowest BCUT2D eigenvalue weighted by molar-refractivity contribution is -0.115. The Morgan fingerprint density at radius 1 is 1.03 bits per heavy atom. The topological polar surface area (TPSA) is 118 Å². The van der Waals surface area contributed by atoms with Gasteiger partial charge in [0.15, 0.2) is 0 Å². The maximum atomic E-state index is 13.1. The number of primary amides is 1. The Bertz CT molecular complexity index is 1260. The van der Waals surface area contributed by atoms with Crippen molar-refractivity contribution in [2.45, 2.75) is 16.7 Å². The van der Waals surface area contributed by atoms with E-state index in [4.69, 9.17) is 5.73 Å². The van der Waals surface area contributed by atoms with E-state index in [-0.39, 0.29) is 21.9 Å². The molecule has 0 aromatic heterocycles. The number of hydrogen-bond donors (Lipinski definition) is 3. The minimum atomic E-state index is -4.02. The van der Waals surface area contributed by atoms with E-state index in [1.807, 2.05) is 0 Å². The summed E-state index contributed by atoms with van der Waals surface area (Å²) in [5.41, 5.74) is 6.42. The number of halogens is 1. The fourth-order valence-electron chi connectivity index (χ4n) is 2.80. The second-order valence-electron chi connectivity index (χ2n) is 6.80. The van der Waals surface area contributed by atoms with Crippen LogP contribution >= 0.6 is 11.8 Å². The van der Waals surface area contributed by atoms with E-state index < -0.39 is 27.7 Å². The molecule has 4 N–H and O–H groups in total. The third kappa shape index (κ3) is 5.86. The quantitative estimate of drug-likeness (QED) is 0.431. The van der Waals surface area contributed by atoms with Crippen LogP contribution in [-0.4, -0.2) is 26.0 Å². The SMILES string of the molecule is Cc1ccc(C(=O)Nc2ccccc2SCC(N)=O)cc1S(=O)(=O)Nc1ccc(F)cc1. The molecular weight excluding hydrogens is 453 g/mol. The molecule has 166 valence electrons. The molecule has 0 bridgehead atoms. The first kappa shape index (κ1) is 23.3. The van der Waals surface area contributed by atoms with Crippen LogP contribution in [0.1, 0.15) is 15.9 Å². The van der Waals surface area contributed by atoms with Crippen molar-refractivity contribution in [1.82, 2.24) is 0 Å². The summed E-state index contributed by atoms with van der Waals surface area (Å²) in [5.74, 6) is -1.44. The smallest absolute Gasteiger partial charge is 0.262 e. The van der Waals surface area contributed by atoms with Crippen molar-refractivity contribution >= 4 is 45.0 Å². The van der Waals surface area contributed by atoms with Gasteiger partial charge < -0.3 is 11.1 Å². The van der Waals surface area contributed by atoms with Crippen LogP contribution in [0.3, 0.4) is 0 Å². The molecule has 0 saturated carbocycles. The maximum Gasteiger partial charge on any atom is 0.262 e. The first-order valence-electron chi connectivity index (χ1n) is 9.36. The summed E-state index contributed by atoms with van der Waals surface area (Å²) in [5, 5.41) is 2.74. The molecule has 10 heteroatoms. The van der Waals surface area contributed by atoms with E-state index in [9.17, 15) is 22.4 Å². The summed E-state index contributed by atoms with van der Waals surface area (Å²) in [6.07, 6.45) is 0. The lowest BCUT2D eigenvalue weighted by Gasteiger charge is -2.13. The summed E-state index contributed by atoms with van der Waals surface area (Å²) in [4.78, 5) is 24.5. The molecular formula is C22H20FN3O4S2. The van der Waals surface area contributed by atoms with Gasteiger partial charge >= 0.3 is 0 Å². The minimum absolute atomic E-state index is 0.0505.